The Bertz CT molecular complexity index is 609. The number of primary amides is 1. The van der Waals surface area contributed by atoms with E-state index in [2.05, 4.69) is 10.6 Å². The molecule has 0 heterocycles. The Hall–Kier alpha value is -2.57. The predicted octanol–water partition coefficient (Wildman–Crippen LogP) is 2.11. The molecule has 0 aliphatic heterocycles. The van der Waals surface area contributed by atoms with E-state index in [0.29, 0.717) is 29.7 Å². The summed E-state index contributed by atoms with van der Waals surface area (Å²) in [5.74, 6) is -1.51. The molecule has 0 unspecified atom stereocenters. The van der Waals surface area contributed by atoms with Gasteiger partial charge in [0.25, 0.3) is 0 Å². The number of benzene rings is 1. The second-order valence-electron chi connectivity index (χ2n) is 5.49. The number of rotatable bonds is 7. The van der Waals surface area contributed by atoms with Crippen LogP contribution in [0.5, 0.6) is 0 Å². The highest BCUT2D eigenvalue weighted by molar-refractivity contribution is 5.97. The average Bonchev–Trinajstić information content (AvgIpc) is 2.50. The first-order valence-electron chi connectivity index (χ1n) is 7.44. The van der Waals surface area contributed by atoms with Gasteiger partial charge in [0.1, 0.15) is 0 Å². The average molecular weight is 321 g/mol. The first-order chi connectivity index (χ1) is 10.8. The molecule has 23 heavy (non-hydrogen) atoms. The number of hydrogen-bond donors (Lipinski definition) is 4. The molecule has 0 aromatic heterocycles. The summed E-state index contributed by atoms with van der Waals surface area (Å²) in [4.78, 5) is 34.6. The number of carbonyl (C=O) groups excluding carboxylic acids is 2. The zero-order valence-electron chi connectivity index (χ0n) is 13.6. The highest BCUT2D eigenvalue weighted by Crippen LogP contribution is 2.25. The van der Waals surface area contributed by atoms with Crippen molar-refractivity contribution in [3.63, 3.8) is 0 Å². The van der Waals surface area contributed by atoms with Crippen LogP contribution in [0.3, 0.4) is 0 Å². The van der Waals surface area contributed by atoms with Crippen LogP contribution >= 0.6 is 0 Å². The van der Waals surface area contributed by atoms with Crippen molar-refractivity contribution in [2.24, 2.45) is 11.1 Å². The molecule has 7 heteroatoms. The van der Waals surface area contributed by atoms with E-state index >= 15 is 0 Å². The van der Waals surface area contributed by atoms with Crippen molar-refractivity contribution < 1.29 is 19.5 Å². The minimum atomic E-state index is -0.983. The minimum Gasteiger partial charge on any atom is -0.481 e. The van der Waals surface area contributed by atoms with Gasteiger partial charge in [-0.15, -0.1) is 0 Å². The van der Waals surface area contributed by atoms with Gasteiger partial charge in [0.2, 0.25) is 5.91 Å². The first kappa shape index (κ1) is 18.5. The van der Waals surface area contributed by atoms with Crippen LogP contribution in [0.4, 0.5) is 10.5 Å². The summed E-state index contributed by atoms with van der Waals surface area (Å²) in [6.45, 7) is 5.32. The van der Waals surface area contributed by atoms with E-state index in [-0.39, 0.29) is 6.54 Å². The molecule has 0 spiro atoms. The van der Waals surface area contributed by atoms with Crippen LogP contribution in [0.25, 0.3) is 0 Å². The van der Waals surface area contributed by atoms with E-state index in [4.69, 9.17) is 5.73 Å². The second-order valence-corrected chi connectivity index (χ2v) is 5.49. The molecule has 3 amide bonds. The molecule has 0 aliphatic carbocycles. The molecule has 1 rings (SSSR count). The third-order valence-electron chi connectivity index (χ3n) is 4.16. The Labute approximate surface area is 135 Å². The van der Waals surface area contributed by atoms with Gasteiger partial charge in [-0.05, 0) is 37.5 Å². The van der Waals surface area contributed by atoms with Crippen LogP contribution in [-0.4, -0.2) is 29.6 Å². The summed E-state index contributed by atoms with van der Waals surface area (Å²) in [6.07, 6.45) is 0.824. The van der Waals surface area contributed by atoms with Crippen LogP contribution in [0.15, 0.2) is 18.2 Å². The predicted molar refractivity (Wildman–Crippen MR) is 87.4 cm³/mol. The van der Waals surface area contributed by atoms with Crippen molar-refractivity contribution in [2.45, 2.75) is 33.6 Å². The summed E-state index contributed by atoms with van der Waals surface area (Å²) < 4.78 is 0. The number of urea groups is 1. The van der Waals surface area contributed by atoms with Crippen molar-refractivity contribution in [1.29, 1.82) is 0 Å². The Morgan fingerprint density at radius 2 is 1.83 bits per heavy atom. The molecule has 126 valence electrons. The smallest absolute Gasteiger partial charge is 0.319 e. The number of carbonyl (C=O) groups is 3. The highest BCUT2D eigenvalue weighted by Gasteiger charge is 2.35. The third kappa shape index (κ3) is 4.45. The fourth-order valence-electron chi connectivity index (χ4n) is 2.27. The van der Waals surface area contributed by atoms with Crippen LogP contribution in [0.1, 0.15) is 42.6 Å². The largest absolute Gasteiger partial charge is 0.481 e. The van der Waals surface area contributed by atoms with Crippen molar-refractivity contribution in [2.75, 3.05) is 11.9 Å². The number of carboxylic acids is 1. The highest BCUT2D eigenvalue weighted by atomic mass is 16.4. The lowest BCUT2D eigenvalue weighted by molar-refractivity contribution is -0.149. The minimum absolute atomic E-state index is 0.0235. The number of anilines is 1. The van der Waals surface area contributed by atoms with Crippen molar-refractivity contribution in [1.82, 2.24) is 5.32 Å². The van der Waals surface area contributed by atoms with Gasteiger partial charge in [0.05, 0.1) is 5.41 Å². The monoisotopic (exact) mass is 321 g/mol. The fourth-order valence-corrected chi connectivity index (χ4v) is 2.27. The fraction of sp³-hybridized carbons (Fsp3) is 0.438. The number of hydrogen-bond acceptors (Lipinski definition) is 3. The van der Waals surface area contributed by atoms with Crippen molar-refractivity contribution >= 4 is 23.6 Å². The Morgan fingerprint density at radius 1 is 1.22 bits per heavy atom. The van der Waals surface area contributed by atoms with Crippen LogP contribution in [0.2, 0.25) is 0 Å². The Morgan fingerprint density at radius 3 is 2.30 bits per heavy atom. The molecule has 1 aromatic rings. The van der Waals surface area contributed by atoms with Gasteiger partial charge < -0.3 is 21.5 Å². The summed E-state index contributed by atoms with van der Waals surface area (Å²) in [5.41, 5.74) is 5.73. The van der Waals surface area contributed by atoms with Gasteiger partial charge in [-0.2, -0.15) is 0 Å². The van der Waals surface area contributed by atoms with Crippen molar-refractivity contribution in [3.05, 3.63) is 29.3 Å². The van der Waals surface area contributed by atoms with Gasteiger partial charge in [0, 0.05) is 17.8 Å². The lowest BCUT2D eigenvalue weighted by Crippen LogP contribution is -2.43. The van der Waals surface area contributed by atoms with Gasteiger partial charge in [-0.3, -0.25) is 9.59 Å². The zero-order chi connectivity index (χ0) is 17.6. The maximum atomic E-state index is 11.9. The number of nitrogens with two attached hydrogens (primary N) is 1. The molecule has 0 radical (unpaired) electrons. The summed E-state index contributed by atoms with van der Waals surface area (Å²) >= 11 is 0. The number of carboxylic acid groups (broad SMARTS) is 1. The van der Waals surface area contributed by atoms with Gasteiger partial charge in [0.15, 0.2) is 0 Å². The number of nitrogens with one attached hydrogen (secondary N) is 2. The summed E-state index contributed by atoms with van der Waals surface area (Å²) in [7, 11) is 0. The molecule has 0 aliphatic rings. The van der Waals surface area contributed by atoms with Gasteiger partial charge in [-0.25, -0.2) is 4.79 Å². The summed E-state index contributed by atoms with van der Waals surface area (Å²) in [5, 5.41) is 14.5. The topological polar surface area (TPSA) is 122 Å². The maximum absolute atomic E-state index is 11.9. The third-order valence-corrected chi connectivity index (χ3v) is 4.16. The SMILES string of the molecule is CCC(CC)(CNC(=O)Nc1ccc(C)c(C(N)=O)c1)C(=O)O. The molecule has 5 N–H and O–H groups in total. The first-order valence-corrected chi connectivity index (χ1v) is 7.44. The molecular formula is C16H23N3O4. The number of aryl methyl sites for hydroxylation is 1. The lowest BCUT2D eigenvalue weighted by atomic mass is 9.82. The second kappa shape index (κ2) is 7.62. The molecular weight excluding hydrogens is 298 g/mol. The van der Waals surface area contributed by atoms with Crippen molar-refractivity contribution in [3.8, 4) is 0 Å². The van der Waals surface area contributed by atoms with Crippen LogP contribution in [0, 0.1) is 12.3 Å². The van der Waals surface area contributed by atoms with E-state index in [1.54, 1.807) is 32.9 Å². The lowest BCUT2D eigenvalue weighted by Gasteiger charge is -2.26. The summed E-state index contributed by atoms with van der Waals surface area (Å²) in [6, 6.07) is 4.28. The molecule has 0 saturated carbocycles. The molecule has 0 atom stereocenters. The van der Waals surface area contributed by atoms with Crippen LogP contribution in [-0.2, 0) is 4.79 Å². The molecule has 0 bridgehead atoms. The number of aliphatic carboxylic acids is 1. The standard InChI is InChI=1S/C16H23N3O4/c1-4-16(5-2,14(21)22)9-18-15(23)19-11-7-6-10(3)12(8-11)13(17)20/h6-8H,4-5,9H2,1-3H3,(H2,17,20)(H,21,22)(H2,18,19,23). The molecule has 0 saturated heterocycles. The quantitative estimate of drug-likeness (QED) is 0.614. The van der Waals surface area contributed by atoms with E-state index < -0.39 is 23.3 Å². The zero-order valence-corrected chi connectivity index (χ0v) is 13.6. The van der Waals surface area contributed by atoms with Gasteiger partial charge in [-0.1, -0.05) is 19.9 Å². The maximum Gasteiger partial charge on any atom is 0.319 e. The molecule has 0 fully saturated rings. The van der Waals surface area contributed by atoms with E-state index in [1.807, 2.05) is 0 Å². The van der Waals surface area contributed by atoms with Crippen LogP contribution < -0.4 is 16.4 Å². The Kier molecular flexibility index (Phi) is 6.12. The normalized spacial score (nSPS) is 10.9. The van der Waals surface area contributed by atoms with E-state index in [0.717, 1.165) is 0 Å². The Balaban J connectivity index is 2.76. The van der Waals surface area contributed by atoms with E-state index in [1.165, 1.54) is 6.07 Å². The molecule has 1 aromatic carbocycles. The van der Waals surface area contributed by atoms with E-state index in [9.17, 15) is 19.5 Å². The molecule has 7 nitrogen and oxygen atoms in total. The van der Waals surface area contributed by atoms with Gasteiger partial charge >= 0.3 is 12.0 Å². The number of amides is 3.